The molecule has 0 unspecified atom stereocenters. The summed E-state index contributed by atoms with van der Waals surface area (Å²) in [5.74, 6) is -2.21. The summed E-state index contributed by atoms with van der Waals surface area (Å²) >= 11 is 3.81. The van der Waals surface area contributed by atoms with Gasteiger partial charge in [0.2, 0.25) is 11.8 Å². The van der Waals surface area contributed by atoms with Gasteiger partial charge >= 0.3 is 5.97 Å². The SMILES string of the molecule is CC[C@H](C)[C@H](N)C(=O)NCC(=O)N[C@@H](CS)C(=O)O. The zero-order chi connectivity index (χ0) is 15.0. The minimum absolute atomic E-state index is 0.00673. The molecule has 0 saturated heterocycles. The summed E-state index contributed by atoms with van der Waals surface area (Å²) in [5, 5.41) is 13.3. The van der Waals surface area contributed by atoms with Gasteiger partial charge < -0.3 is 21.5 Å². The largest absolute Gasteiger partial charge is 0.480 e. The minimum Gasteiger partial charge on any atom is -0.480 e. The number of carboxylic acids is 1. The van der Waals surface area contributed by atoms with Crippen molar-refractivity contribution in [3.8, 4) is 0 Å². The highest BCUT2D eigenvalue weighted by Crippen LogP contribution is 2.04. The van der Waals surface area contributed by atoms with Crippen molar-refractivity contribution in [3.63, 3.8) is 0 Å². The van der Waals surface area contributed by atoms with E-state index in [-0.39, 0.29) is 18.2 Å². The van der Waals surface area contributed by atoms with E-state index in [1.807, 2.05) is 13.8 Å². The van der Waals surface area contributed by atoms with Gasteiger partial charge in [0, 0.05) is 5.75 Å². The molecule has 8 heteroatoms. The second kappa shape index (κ2) is 8.76. The Morgan fingerprint density at radius 1 is 1.37 bits per heavy atom. The van der Waals surface area contributed by atoms with E-state index in [9.17, 15) is 14.4 Å². The van der Waals surface area contributed by atoms with Gasteiger partial charge in [-0.05, 0) is 5.92 Å². The lowest BCUT2D eigenvalue weighted by atomic mass is 9.99. The molecule has 0 heterocycles. The molecule has 2 amide bonds. The van der Waals surface area contributed by atoms with Crippen LogP contribution in [0.3, 0.4) is 0 Å². The molecular weight excluding hydrogens is 270 g/mol. The fourth-order valence-corrected chi connectivity index (χ4v) is 1.48. The van der Waals surface area contributed by atoms with Gasteiger partial charge in [-0.2, -0.15) is 12.6 Å². The summed E-state index contributed by atoms with van der Waals surface area (Å²) in [5.41, 5.74) is 5.68. The van der Waals surface area contributed by atoms with E-state index in [0.29, 0.717) is 0 Å². The lowest BCUT2D eigenvalue weighted by molar-refractivity contribution is -0.141. The molecule has 0 rings (SSSR count). The summed E-state index contributed by atoms with van der Waals surface area (Å²) in [6.45, 7) is 3.45. The van der Waals surface area contributed by atoms with Crippen LogP contribution in [0.25, 0.3) is 0 Å². The molecule has 3 atom stereocenters. The van der Waals surface area contributed by atoms with Crippen LogP contribution in [0, 0.1) is 5.92 Å². The molecule has 0 aliphatic heterocycles. The van der Waals surface area contributed by atoms with Crippen molar-refractivity contribution >= 4 is 30.4 Å². The summed E-state index contributed by atoms with van der Waals surface area (Å²) in [4.78, 5) is 33.7. The molecule has 0 radical (unpaired) electrons. The number of nitrogens with two attached hydrogens (primary N) is 1. The number of aliphatic carboxylic acids is 1. The first kappa shape index (κ1) is 17.7. The number of thiol groups is 1. The second-order valence-corrected chi connectivity index (χ2v) is 4.64. The average molecular weight is 291 g/mol. The highest BCUT2D eigenvalue weighted by Gasteiger charge is 2.21. The van der Waals surface area contributed by atoms with Gasteiger partial charge in [-0.15, -0.1) is 0 Å². The maximum atomic E-state index is 11.6. The Kier molecular flexibility index (Phi) is 8.17. The Balaban J connectivity index is 4.16. The van der Waals surface area contributed by atoms with Crippen LogP contribution in [0.5, 0.6) is 0 Å². The fraction of sp³-hybridized carbons (Fsp3) is 0.727. The van der Waals surface area contributed by atoms with Gasteiger partial charge in [-0.25, -0.2) is 4.79 Å². The molecule has 0 spiro atoms. The molecule has 0 aromatic heterocycles. The lowest BCUT2D eigenvalue weighted by Crippen LogP contribution is -2.50. The van der Waals surface area contributed by atoms with Crippen LogP contribution < -0.4 is 16.4 Å². The molecule has 0 aliphatic rings. The lowest BCUT2D eigenvalue weighted by Gasteiger charge is -2.18. The third-order valence-electron chi connectivity index (χ3n) is 2.80. The van der Waals surface area contributed by atoms with Gasteiger partial charge in [-0.1, -0.05) is 20.3 Å². The first-order valence-corrected chi connectivity index (χ1v) is 6.63. The first-order valence-electron chi connectivity index (χ1n) is 5.99. The summed E-state index contributed by atoms with van der Waals surface area (Å²) in [6.07, 6.45) is 0.752. The van der Waals surface area contributed by atoms with E-state index in [4.69, 9.17) is 10.8 Å². The topological polar surface area (TPSA) is 122 Å². The van der Waals surface area contributed by atoms with Crippen LogP contribution in [-0.2, 0) is 14.4 Å². The van der Waals surface area contributed by atoms with E-state index < -0.39 is 29.9 Å². The highest BCUT2D eigenvalue weighted by molar-refractivity contribution is 7.80. The van der Waals surface area contributed by atoms with Crippen molar-refractivity contribution in [2.45, 2.75) is 32.4 Å². The Morgan fingerprint density at radius 2 is 1.95 bits per heavy atom. The molecule has 0 aliphatic carbocycles. The number of hydrogen-bond acceptors (Lipinski definition) is 5. The third kappa shape index (κ3) is 6.44. The van der Waals surface area contributed by atoms with Gasteiger partial charge in [0.25, 0.3) is 0 Å². The predicted molar refractivity (Wildman–Crippen MR) is 73.9 cm³/mol. The van der Waals surface area contributed by atoms with Gasteiger partial charge in [-0.3, -0.25) is 9.59 Å². The second-order valence-electron chi connectivity index (χ2n) is 4.27. The standard InChI is InChI=1S/C11H21N3O4S/c1-3-6(2)9(12)10(16)13-4-8(15)14-7(5-19)11(17)18/h6-7,9,19H,3-5,12H2,1-2H3,(H,13,16)(H,14,15)(H,17,18)/t6-,7-,9-/m0/s1. The van der Waals surface area contributed by atoms with Crippen LogP contribution >= 0.6 is 12.6 Å². The fourth-order valence-electron chi connectivity index (χ4n) is 1.23. The molecule has 110 valence electrons. The van der Waals surface area contributed by atoms with Crippen molar-refractivity contribution in [2.24, 2.45) is 11.7 Å². The van der Waals surface area contributed by atoms with E-state index in [1.165, 1.54) is 0 Å². The summed E-state index contributed by atoms with van der Waals surface area (Å²) in [6, 6.07) is -1.76. The van der Waals surface area contributed by atoms with Crippen LogP contribution in [0.1, 0.15) is 20.3 Å². The first-order chi connectivity index (χ1) is 8.83. The molecule has 0 aromatic rings. The Bertz CT molecular complexity index is 338. The summed E-state index contributed by atoms with van der Waals surface area (Å²) in [7, 11) is 0. The van der Waals surface area contributed by atoms with E-state index in [2.05, 4.69) is 23.3 Å². The maximum absolute atomic E-state index is 11.6. The number of carbonyl (C=O) groups excluding carboxylic acids is 2. The number of amides is 2. The van der Waals surface area contributed by atoms with Gasteiger partial charge in [0.05, 0.1) is 12.6 Å². The van der Waals surface area contributed by atoms with E-state index >= 15 is 0 Å². The smallest absolute Gasteiger partial charge is 0.327 e. The number of hydrogen-bond donors (Lipinski definition) is 5. The molecular formula is C11H21N3O4S. The molecule has 0 fully saturated rings. The van der Waals surface area contributed by atoms with Crippen LogP contribution in [0.15, 0.2) is 0 Å². The van der Waals surface area contributed by atoms with E-state index in [1.54, 1.807) is 0 Å². The quantitative estimate of drug-likeness (QED) is 0.366. The zero-order valence-corrected chi connectivity index (χ0v) is 11.9. The van der Waals surface area contributed by atoms with E-state index in [0.717, 1.165) is 6.42 Å². The zero-order valence-electron chi connectivity index (χ0n) is 11.0. The molecule has 0 saturated carbocycles. The van der Waals surface area contributed by atoms with Crippen LogP contribution in [-0.4, -0.2) is 47.3 Å². The number of carboxylic acid groups (broad SMARTS) is 1. The minimum atomic E-state index is -1.18. The van der Waals surface area contributed by atoms with Crippen molar-refractivity contribution in [1.82, 2.24) is 10.6 Å². The van der Waals surface area contributed by atoms with Crippen LogP contribution in [0.2, 0.25) is 0 Å². The Labute approximate surface area is 117 Å². The highest BCUT2D eigenvalue weighted by atomic mass is 32.1. The predicted octanol–water partition coefficient (Wildman–Crippen LogP) is -1.02. The monoisotopic (exact) mass is 291 g/mol. The van der Waals surface area contributed by atoms with Crippen LogP contribution in [0.4, 0.5) is 0 Å². The molecule has 0 aromatic carbocycles. The van der Waals surface area contributed by atoms with Crippen molar-refractivity contribution < 1.29 is 19.5 Å². The molecule has 5 N–H and O–H groups in total. The van der Waals surface area contributed by atoms with Crippen molar-refractivity contribution in [3.05, 3.63) is 0 Å². The normalized spacial score (nSPS) is 15.2. The summed E-state index contributed by atoms with van der Waals surface area (Å²) < 4.78 is 0. The molecule has 19 heavy (non-hydrogen) atoms. The van der Waals surface area contributed by atoms with Crippen molar-refractivity contribution in [1.29, 1.82) is 0 Å². The number of carbonyl (C=O) groups is 3. The Hall–Kier alpha value is -1.28. The van der Waals surface area contributed by atoms with Crippen molar-refractivity contribution in [2.75, 3.05) is 12.3 Å². The maximum Gasteiger partial charge on any atom is 0.327 e. The number of nitrogens with one attached hydrogen (secondary N) is 2. The van der Waals surface area contributed by atoms with Gasteiger partial charge in [0.15, 0.2) is 0 Å². The Morgan fingerprint density at radius 3 is 2.37 bits per heavy atom. The number of rotatable bonds is 8. The molecule has 0 bridgehead atoms. The molecule has 7 nitrogen and oxygen atoms in total. The average Bonchev–Trinajstić information content (AvgIpc) is 2.39. The third-order valence-corrected chi connectivity index (χ3v) is 3.16. The van der Waals surface area contributed by atoms with Gasteiger partial charge in [0.1, 0.15) is 6.04 Å².